The van der Waals surface area contributed by atoms with Crippen LogP contribution in [0.3, 0.4) is 0 Å². The molecule has 118 valence electrons. The largest absolute Gasteiger partial charge is 0.493 e. The molecule has 22 heavy (non-hydrogen) atoms. The van der Waals surface area contributed by atoms with Gasteiger partial charge in [0.05, 0.1) is 14.2 Å². The minimum atomic E-state index is -0.104. The number of allylic oxidation sites excluding steroid dienone is 1. The van der Waals surface area contributed by atoms with Crippen LogP contribution < -0.4 is 9.47 Å². The van der Waals surface area contributed by atoms with Gasteiger partial charge in [0.15, 0.2) is 17.3 Å². The number of nitrogens with zero attached hydrogens (tertiary/aromatic N) is 1. The van der Waals surface area contributed by atoms with E-state index in [2.05, 4.69) is 30.2 Å². The van der Waals surface area contributed by atoms with Gasteiger partial charge in [0, 0.05) is 17.9 Å². The van der Waals surface area contributed by atoms with Crippen LogP contribution in [0.5, 0.6) is 11.5 Å². The molecule has 2 aliphatic rings. The molecule has 1 unspecified atom stereocenters. The summed E-state index contributed by atoms with van der Waals surface area (Å²) in [5.74, 6) is 1.75. The third-order valence-corrected chi connectivity index (χ3v) is 5.17. The lowest BCUT2D eigenvalue weighted by Crippen LogP contribution is -2.43. The maximum atomic E-state index is 11.9. The number of carbonyl (C=O) groups excluding carboxylic acids is 1. The summed E-state index contributed by atoms with van der Waals surface area (Å²) in [7, 11) is 5.43. The van der Waals surface area contributed by atoms with Gasteiger partial charge < -0.3 is 14.4 Å². The molecule has 1 aromatic rings. The highest BCUT2D eigenvalue weighted by Gasteiger charge is 2.48. The fourth-order valence-electron chi connectivity index (χ4n) is 3.97. The molecule has 0 radical (unpaired) electrons. The molecule has 1 aliphatic carbocycles. The summed E-state index contributed by atoms with van der Waals surface area (Å²) >= 11 is 0. The van der Waals surface area contributed by atoms with Crippen LogP contribution in [-0.4, -0.2) is 44.5 Å². The highest BCUT2D eigenvalue weighted by molar-refractivity contribution is 5.92. The number of rotatable bonds is 3. The summed E-state index contributed by atoms with van der Waals surface area (Å²) in [5, 5.41) is 0. The van der Waals surface area contributed by atoms with Gasteiger partial charge in [-0.1, -0.05) is 12.1 Å². The van der Waals surface area contributed by atoms with Crippen molar-refractivity contribution in [1.29, 1.82) is 0 Å². The van der Waals surface area contributed by atoms with Gasteiger partial charge in [0.25, 0.3) is 0 Å². The second-order valence-corrected chi connectivity index (χ2v) is 6.32. The van der Waals surface area contributed by atoms with E-state index in [0.717, 1.165) is 30.0 Å². The lowest BCUT2D eigenvalue weighted by molar-refractivity contribution is -0.116. The van der Waals surface area contributed by atoms with Crippen molar-refractivity contribution in [3.63, 3.8) is 0 Å². The number of methoxy groups -OCH3 is 2. The van der Waals surface area contributed by atoms with Crippen LogP contribution >= 0.6 is 0 Å². The fourth-order valence-corrected chi connectivity index (χ4v) is 3.97. The Morgan fingerprint density at radius 2 is 2.05 bits per heavy atom. The fraction of sp³-hybridized carbons (Fsp3) is 0.500. The van der Waals surface area contributed by atoms with Gasteiger partial charge >= 0.3 is 0 Å². The number of carbonyl (C=O) groups is 1. The summed E-state index contributed by atoms with van der Waals surface area (Å²) in [6.07, 6.45) is 5.46. The lowest BCUT2D eigenvalue weighted by atomic mass is 9.69. The van der Waals surface area contributed by atoms with Gasteiger partial charge in [0.2, 0.25) is 0 Å². The molecule has 1 saturated heterocycles. The van der Waals surface area contributed by atoms with E-state index in [1.807, 2.05) is 6.92 Å². The van der Waals surface area contributed by atoms with Crippen molar-refractivity contribution in [1.82, 2.24) is 4.90 Å². The summed E-state index contributed by atoms with van der Waals surface area (Å²) in [6.45, 7) is 3.03. The van der Waals surface area contributed by atoms with Crippen molar-refractivity contribution in [3.05, 3.63) is 35.4 Å². The summed E-state index contributed by atoms with van der Waals surface area (Å²) in [5.41, 5.74) is 2.16. The van der Waals surface area contributed by atoms with Crippen LogP contribution in [0.25, 0.3) is 0 Å². The van der Waals surface area contributed by atoms with Crippen molar-refractivity contribution in [2.75, 3.05) is 27.8 Å². The molecule has 0 bridgehead atoms. The Morgan fingerprint density at radius 1 is 1.27 bits per heavy atom. The highest BCUT2D eigenvalue weighted by Crippen LogP contribution is 2.47. The van der Waals surface area contributed by atoms with Crippen LogP contribution in [0, 0.1) is 6.92 Å². The first kappa shape index (κ1) is 15.1. The van der Waals surface area contributed by atoms with E-state index in [1.165, 1.54) is 5.56 Å². The van der Waals surface area contributed by atoms with Gasteiger partial charge in [-0.3, -0.25) is 4.79 Å². The first-order valence-electron chi connectivity index (χ1n) is 7.67. The summed E-state index contributed by atoms with van der Waals surface area (Å²) in [6, 6.07) is 4.47. The summed E-state index contributed by atoms with van der Waals surface area (Å²) < 4.78 is 11.0. The Kier molecular flexibility index (Phi) is 3.73. The zero-order valence-corrected chi connectivity index (χ0v) is 13.7. The molecule has 1 heterocycles. The standard InChI is InChI=1S/C18H23NO3/c1-12-9-13(10-15(21-3)17(12)22-4)18-6-5-14(20)11-16(18)19(2)8-7-18/h5-6,9-10,16H,7-8,11H2,1-4H3/t16?,18-/m0/s1. The Hall–Kier alpha value is -1.81. The van der Waals surface area contributed by atoms with Gasteiger partial charge in [0.1, 0.15) is 0 Å². The second-order valence-electron chi connectivity index (χ2n) is 6.32. The average Bonchev–Trinajstić information content (AvgIpc) is 2.84. The molecule has 1 aromatic carbocycles. The number of hydrogen-bond acceptors (Lipinski definition) is 4. The first-order chi connectivity index (χ1) is 10.5. The SMILES string of the molecule is COc1cc([C@@]23C=CC(=O)CC2N(C)CC3)cc(C)c1OC. The van der Waals surface area contributed by atoms with E-state index in [-0.39, 0.29) is 17.2 Å². The molecule has 1 fully saturated rings. The normalized spacial score (nSPS) is 27.8. The predicted octanol–water partition coefficient (Wildman–Crippen LogP) is 2.48. The molecule has 3 rings (SSSR count). The lowest BCUT2D eigenvalue weighted by Gasteiger charge is -2.38. The number of ether oxygens (including phenoxy) is 2. The monoisotopic (exact) mass is 301 g/mol. The Balaban J connectivity index is 2.15. The van der Waals surface area contributed by atoms with Gasteiger partial charge in [-0.25, -0.2) is 0 Å². The zero-order valence-electron chi connectivity index (χ0n) is 13.7. The Morgan fingerprint density at radius 3 is 2.73 bits per heavy atom. The van der Waals surface area contributed by atoms with Gasteiger partial charge in [-0.15, -0.1) is 0 Å². The first-order valence-corrected chi connectivity index (χ1v) is 7.67. The molecule has 0 N–H and O–H groups in total. The molecule has 1 aliphatic heterocycles. The maximum absolute atomic E-state index is 11.9. The topological polar surface area (TPSA) is 38.8 Å². The number of likely N-dealkylation sites (N-methyl/N-ethyl adjacent to an activating group) is 1. The minimum Gasteiger partial charge on any atom is -0.493 e. The molecule has 0 spiro atoms. The van der Waals surface area contributed by atoms with E-state index in [4.69, 9.17) is 9.47 Å². The maximum Gasteiger partial charge on any atom is 0.163 e. The van der Waals surface area contributed by atoms with Crippen LogP contribution in [0.2, 0.25) is 0 Å². The zero-order chi connectivity index (χ0) is 15.9. The molecular formula is C18H23NO3. The third kappa shape index (κ3) is 2.13. The number of likely N-dealkylation sites (tertiary alicyclic amines) is 1. The molecule has 0 amide bonds. The average molecular weight is 301 g/mol. The molecule has 2 atom stereocenters. The Labute approximate surface area is 131 Å². The third-order valence-electron chi connectivity index (χ3n) is 5.17. The number of benzene rings is 1. The summed E-state index contributed by atoms with van der Waals surface area (Å²) in [4.78, 5) is 14.2. The van der Waals surface area contributed by atoms with Crippen molar-refractivity contribution >= 4 is 5.78 Å². The van der Waals surface area contributed by atoms with E-state index >= 15 is 0 Å². The number of fused-ring (bicyclic) bond motifs is 1. The van der Waals surface area contributed by atoms with Crippen molar-refractivity contribution in [2.45, 2.75) is 31.2 Å². The molecule has 4 nitrogen and oxygen atoms in total. The number of aryl methyl sites for hydroxylation is 1. The van der Waals surface area contributed by atoms with Crippen molar-refractivity contribution in [3.8, 4) is 11.5 Å². The van der Waals surface area contributed by atoms with Crippen molar-refractivity contribution < 1.29 is 14.3 Å². The predicted molar refractivity (Wildman–Crippen MR) is 85.8 cm³/mol. The van der Waals surface area contributed by atoms with Crippen LogP contribution in [0.15, 0.2) is 24.3 Å². The van der Waals surface area contributed by atoms with E-state index in [9.17, 15) is 4.79 Å². The minimum absolute atomic E-state index is 0.104. The molecule has 4 heteroatoms. The quantitative estimate of drug-likeness (QED) is 0.860. The molecule has 0 aromatic heterocycles. The van der Waals surface area contributed by atoms with Crippen LogP contribution in [0.1, 0.15) is 24.0 Å². The molecular weight excluding hydrogens is 278 g/mol. The van der Waals surface area contributed by atoms with Gasteiger partial charge in [-0.05, 0) is 50.2 Å². The smallest absolute Gasteiger partial charge is 0.163 e. The van der Waals surface area contributed by atoms with Crippen LogP contribution in [0.4, 0.5) is 0 Å². The van der Waals surface area contributed by atoms with Crippen molar-refractivity contribution in [2.24, 2.45) is 0 Å². The van der Waals surface area contributed by atoms with E-state index in [1.54, 1.807) is 20.3 Å². The Bertz CT molecular complexity index is 637. The van der Waals surface area contributed by atoms with Gasteiger partial charge in [-0.2, -0.15) is 0 Å². The number of ketones is 1. The van der Waals surface area contributed by atoms with E-state index in [0.29, 0.717) is 6.42 Å². The highest BCUT2D eigenvalue weighted by atomic mass is 16.5. The van der Waals surface area contributed by atoms with Crippen LogP contribution in [-0.2, 0) is 10.2 Å². The van der Waals surface area contributed by atoms with E-state index < -0.39 is 0 Å². The molecule has 0 saturated carbocycles. The number of hydrogen-bond donors (Lipinski definition) is 0. The second kappa shape index (κ2) is 5.43.